The molecule has 5 heteroatoms. The molecule has 122 valence electrons. The number of carbonyl (C=O) groups is 1. The third kappa shape index (κ3) is 5.71. The van der Waals surface area contributed by atoms with E-state index < -0.39 is 0 Å². The van der Waals surface area contributed by atoms with E-state index >= 15 is 0 Å². The van der Waals surface area contributed by atoms with Gasteiger partial charge in [-0.3, -0.25) is 4.79 Å². The van der Waals surface area contributed by atoms with Crippen LogP contribution in [0.15, 0.2) is 48.5 Å². The molecule has 2 rings (SSSR count). The Bertz CT molecular complexity index is 629. The summed E-state index contributed by atoms with van der Waals surface area (Å²) in [4.78, 5) is 11.7. The van der Waals surface area contributed by atoms with Crippen molar-refractivity contribution in [2.45, 2.75) is 19.5 Å². The third-order valence-electron chi connectivity index (χ3n) is 3.45. The molecule has 2 N–H and O–H groups in total. The average Bonchev–Trinajstić information content (AvgIpc) is 2.58. The second-order valence-corrected chi connectivity index (χ2v) is 5.14. The molecule has 0 unspecified atom stereocenters. The summed E-state index contributed by atoms with van der Waals surface area (Å²) in [6, 6.07) is 14.2. The quantitative estimate of drug-likeness (QED) is 0.736. The first-order chi connectivity index (χ1) is 11.2. The Labute approximate surface area is 135 Å². The molecule has 0 aliphatic heterocycles. The summed E-state index contributed by atoms with van der Waals surface area (Å²) >= 11 is 0. The average molecular weight is 316 g/mol. The smallest absolute Gasteiger partial charge is 0.221 e. The predicted molar refractivity (Wildman–Crippen MR) is 87.6 cm³/mol. The number of amides is 1. The van der Waals surface area contributed by atoms with Crippen LogP contribution in [0.2, 0.25) is 0 Å². The molecular weight excluding hydrogens is 295 g/mol. The number of methoxy groups -OCH3 is 1. The van der Waals surface area contributed by atoms with Crippen molar-refractivity contribution in [2.24, 2.45) is 0 Å². The first-order valence-corrected chi connectivity index (χ1v) is 7.53. The van der Waals surface area contributed by atoms with Gasteiger partial charge in [0.2, 0.25) is 5.91 Å². The van der Waals surface area contributed by atoms with Crippen LogP contribution in [0.1, 0.15) is 17.5 Å². The fourth-order valence-electron chi connectivity index (χ4n) is 2.10. The maximum atomic E-state index is 13.4. The van der Waals surface area contributed by atoms with Crippen molar-refractivity contribution >= 4 is 5.91 Å². The van der Waals surface area contributed by atoms with Crippen molar-refractivity contribution in [3.8, 4) is 5.75 Å². The van der Waals surface area contributed by atoms with Gasteiger partial charge in [-0.05, 0) is 23.8 Å². The first-order valence-electron chi connectivity index (χ1n) is 7.53. The van der Waals surface area contributed by atoms with Gasteiger partial charge >= 0.3 is 0 Å². The molecule has 0 heterocycles. The molecule has 4 nitrogen and oxygen atoms in total. The number of halogens is 1. The van der Waals surface area contributed by atoms with Crippen LogP contribution in [-0.2, 0) is 17.9 Å². The number of benzene rings is 2. The second-order valence-electron chi connectivity index (χ2n) is 5.14. The highest BCUT2D eigenvalue weighted by atomic mass is 19.1. The van der Waals surface area contributed by atoms with E-state index in [-0.39, 0.29) is 18.3 Å². The Morgan fingerprint density at radius 1 is 1.09 bits per heavy atom. The van der Waals surface area contributed by atoms with E-state index in [4.69, 9.17) is 4.74 Å². The maximum Gasteiger partial charge on any atom is 0.221 e. The molecule has 0 radical (unpaired) electrons. The van der Waals surface area contributed by atoms with Crippen LogP contribution in [0, 0.1) is 5.82 Å². The molecule has 0 saturated carbocycles. The Balaban J connectivity index is 1.63. The Hall–Kier alpha value is -2.40. The molecule has 0 aromatic heterocycles. The van der Waals surface area contributed by atoms with Gasteiger partial charge in [-0.1, -0.05) is 30.3 Å². The second kappa shape index (κ2) is 8.90. The standard InChI is InChI=1S/C18H21FN2O2/c1-23-16-8-6-14(7-9-16)12-20-11-10-18(22)21-13-15-4-2-3-5-17(15)19/h2-9,20H,10-13H2,1H3,(H,21,22). The van der Waals surface area contributed by atoms with Gasteiger partial charge in [0.15, 0.2) is 0 Å². The zero-order valence-electron chi connectivity index (χ0n) is 13.1. The van der Waals surface area contributed by atoms with Crippen molar-refractivity contribution in [1.82, 2.24) is 10.6 Å². The van der Waals surface area contributed by atoms with Crippen LogP contribution in [0.5, 0.6) is 5.75 Å². The molecule has 2 aromatic rings. The highest BCUT2D eigenvalue weighted by molar-refractivity contribution is 5.76. The number of carbonyl (C=O) groups excluding carboxylic acids is 1. The summed E-state index contributed by atoms with van der Waals surface area (Å²) in [6.07, 6.45) is 0.352. The summed E-state index contributed by atoms with van der Waals surface area (Å²) < 4.78 is 18.5. The highest BCUT2D eigenvalue weighted by Gasteiger charge is 2.04. The molecule has 0 bridgehead atoms. The summed E-state index contributed by atoms with van der Waals surface area (Å²) in [5, 5.41) is 5.92. The Kier molecular flexibility index (Phi) is 6.56. The van der Waals surface area contributed by atoms with Gasteiger partial charge < -0.3 is 15.4 Å². The number of ether oxygens (including phenoxy) is 1. The van der Waals surface area contributed by atoms with Crippen molar-refractivity contribution in [3.05, 3.63) is 65.5 Å². The first kappa shape index (κ1) is 17.0. The summed E-state index contributed by atoms with van der Waals surface area (Å²) in [5.41, 5.74) is 1.62. The van der Waals surface area contributed by atoms with E-state index in [1.165, 1.54) is 6.07 Å². The van der Waals surface area contributed by atoms with Gasteiger partial charge in [-0.2, -0.15) is 0 Å². The third-order valence-corrected chi connectivity index (χ3v) is 3.45. The Morgan fingerprint density at radius 3 is 2.52 bits per heavy atom. The van der Waals surface area contributed by atoms with E-state index in [0.29, 0.717) is 25.1 Å². The van der Waals surface area contributed by atoms with Crippen LogP contribution >= 0.6 is 0 Å². The largest absolute Gasteiger partial charge is 0.497 e. The molecule has 23 heavy (non-hydrogen) atoms. The van der Waals surface area contributed by atoms with Crippen LogP contribution in [-0.4, -0.2) is 19.6 Å². The van der Waals surface area contributed by atoms with Crippen molar-refractivity contribution in [1.29, 1.82) is 0 Å². The number of rotatable bonds is 8. The molecule has 0 saturated heterocycles. The van der Waals surface area contributed by atoms with Crippen molar-refractivity contribution in [2.75, 3.05) is 13.7 Å². The molecule has 1 amide bonds. The van der Waals surface area contributed by atoms with Gasteiger partial charge in [-0.25, -0.2) is 4.39 Å². The molecule has 0 fully saturated rings. The lowest BCUT2D eigenvalue weighted by Crippen LogP contribution is -2.27. The number of hydrogen-bond acceptors (Lipinski definition) is 3. The van der Waals surface area contributed by atoms with Crippen LogP contribution in [0.4, 0.5) is 4.39 Å². The molecule has 0 spiro atoms. The highest BCUT2D eigenvalue weighted by Crippen LogP contribution is 2.10. The van der Waals surface area contributed by atoms with Crippen LogP contribution < -0.4 is 15.4 Å². The van der Waals surface area contributed by atoms with Gasteiger partial charge in [0.05, 0.1) is 7.11 Å². The molecule has 0 aliphatic carbocycles. The number of nitrogens with one attached hydrogen (secondary N) is 2. The molecule has 0 atom stereocenters. The predicted octanol–water partition coefficient (Wildman–Crippen LogP) is 2.63. The number of hydrogen-bond donors (Lipinski definition) is 2. The molecule has 2 aromatic carbocycles. The van der Waals surface area contributed by atoms with E-state index in [1.54, 1.807) is 25.3 Å². The Morgan fingerprint density at radius 2 is 1.83 bits per heavy atom. The van der Waals surface area contributed by atoms with Gasteiger partial charge in [0.1, 0.15) is 11.6 Å². The molecular formula is C18H21FN2O2. The lowest BCUT2D eigenvalue weighted by molar-refractivity contribution is -0.121. The van der Waals surface area contributed by atoms with Gasteiger partial charge in [0.25, 0.3) is 0 Å². The summed E-state index contributed by atoms with van der Waals surface area (Å²) in [6.45, 7) is 1.46. The fraction of sp³-hybridized carbons (Fsp3) is 0.278. The van der Waals surface area contributed by atoms with Crippen molar-refractivity contribution < 1.29 is 13.9 Å². The zero-order chi connectivity index (χ0) is 16.5. The normalized spacial score (nSPS) is 10.3. The van der Waals surface area contributed by atoms with E-state index in [1.807, 2.05) is 24.3 Å². The monoisotopic (exact) mass is 316 g/mol. The summed E-state index contributed by atoms with van der Waals surface area (Å²) in [7, 11) is 1.63. The van der Waals surface area contributed by atoms with Crippen LogP contribution in [0.25, 0.3) is 0 Å². The maximum absolute atomic E-state index is 13.4. The minimum Gasteiger partial charge on any atom is -0.497 e. The SMILES string of the molecule is COc1ccc(CNCCC(=O)NCc2ccccc2F)cc1. The lowest BCUT2D eigenvalue weighted by atomic mass is 10.2. The lowest BCUT2D eigenvalue weighted by Gasteiger charge is -2.08. The zero-order valence-corrected chi connectivity index (χ0v) is 13.1. The minimum atomic E-state index is -0.301. The van der Waals surface area contributed by atoms with Gasteiger partial charge in [-0.15, -0.1) is 0 Å². The van der Waals surface area contributed by atoms with Gasteiger partial charge in [0, 0.05) is 31.6 Å². The molecule has 0 aliphatic rings. The van der Waals surface area contributed by atoms with E-state index in [0.717, 1.165) is 11.3 Å². The van der Waals surface area contributed by atoms with Crippen molar-refractivity contribution in [3.63, 3.8) is 0 Å². The van der Waals surface area contributed by atoms with Crippen LogP contribution in [0.3, 0.4) is 0 Å². The topological polar surface area (TPSA) is 50.4 Å². The van der Waals surface area contributed by atoms with E-state index in [9.17, 15) is 9.18 Å². The fourth-order valence-corrected chi connectivity index (χ4v) is 2.10. The van der Waals surface area contributed by atoms with E-state index in [2.05, 4.69) is 10.6 Å². The summed E-state index contributed by atoms with van der Waals surface area (Å²) in [5.74, 6) is 0.419. The minimum absolute atomic E-state index is 0.101.